The van der Waals surface area contributed by atoms with Gasteiger partial charge in [-0.05, 0) is 12.3 Å². The number of nitrogens with zero attached hydrogens (tertiary/aromatic N) is 2. The summed E-state index contributed by atoms with van der Waals surface area (Å²) in [6.07, 6.45) is 3.15. The van der Waals surface area contributed by atoms with Crippen molar-refractivity contribution >= 4 is 11.3 Å². The molecule has 0 saturated carbocycles. The second kappa shape index (κ2) is 5.41. The summed E-state index contributed by atoms with van der Waals surface area (Å²) in [4.78, 5) is 0. The standard InChI is InChI=1S/C10H19N3S/c1-4-7(3)6-9-12-13-10(14-9)8(11)5-2/h7-8H,4-6,11H2,1-3H3. The summed E-state index contributed by atoms with van der Waals surface area (Å²) in [5, 5.41) is 10.4. The summed E-state index contributed by atoms with van der Waals surface area (Å²) in [5.41, 5.74) is 5.88. The SMILES string of the molecule is CCC(C)Cc1nnc(C(N)CC)s1. The third-order valence-corrected chi connectivity index (χ3v) is 3.54. The van der Waals surface area contributed by atoms with Crippen LogP contribution in [0.15, 0.2) is 0 Å². The zero-order chi connectivity index (χ0) is 10.6. The van der Waals surface area contributed by atoms with Crippen molar-refractivity contribution in [2.24, 2.45) is 11.7 Å². The molecule has 14 heavy (non-hydrogen) atoms. The smallest absolute Gasteiger partial charge is 0.134 e. The molecule has 0 aromatic carbocycles. The van der Waals surface area contributed by atoms with Gasteiger partial charge >= 0.3 is 0 Å². The van der Waals surface area contributed by atoms with Gasteiger partial charge in [0.25, 0.3) is 0 Å². The monoisotopic (exact) mass is 213 g/mol. The van der Waals surface area contributed by atoms with Crippen molar-refractivity contribution in [3.05, 3.63) is 10.0 Å². The second-order valence-corrected chi connectivity index (χ2v) is 4.86. The number of rotatable bonds is 5. The first kappa shape index (κ1) is 11.6. The van der Waals surface area contributed by atoms with Crippen molar-refractivity contribution in [1.29, 1.82) is 0 Å². The van der Waals surface area contributed by atoms with Crippen LogP contribution in [-0.2, 0) is 6.42 Å². The minimum Gasteiger partial charge on any atom is -0.322 e. The topological polar surface area (TPSA) is 51.8 Å². The van der Waals surface area contributed by atoms with E-state index < -0.39 is 0 Å². The molecule has 1 heterocycles. The molecule has 1 aromatic rings. The van der Waals surface area contributed by atoms with Crippen LogP contribution in [0.1, 0.15) is 49.7 Å². The molecule has 0 aliphatic carbocycles. The van der Waals surface area contributed by atoms with Gasteiger partial charge in [-0.25, -0.2) is 0 Å². The molecule has 2 unspecified atom stereocenters. The summed E-state index contributed by atoms with van der Waals surface area (Å²) >= 11 is 1.66. The molecule has 0 radical (unpaired) electrons. The van der Waals surface area contributed by atoms with Gasteiger partial charge in [0.05, 0.1) is 6.04 Å². The highest BCUT2D eigenvalue weighted by molar-refractivity contribution is 7.11. The van der Waals surface area contributed by atoms with Crippen LogP contribution in [0.25, 0.3) is 0 Å². The quantitative estimate of drug-likeness (QED) is 0.817. The minimum atomic E-state index is 0.0678. The van der Waals surface area contributed by atoms with Gasteiger partial charge in [-0.3, -0.25) is 0 Å². The van der Waals surface area contributed by atoms with E-state index in [-0.39, 0.29) is 6.04 Å². The Hall–Kier alpha value is -0.480. The maximum Gasteiger partial charge on any atom is 0.134 e. The maximum atomic E-state index is 5.88. The second-order valence-electron chi connectivity index (χ2n) is 3.77. The Morgan fingerprint density at radius 2 is 2.00 bits per heavy atom. The molecular weight excluding hydrogens is 194 g/mol. The molecule has 0 fully saturated rings. The summed E-state index contributed by atoms with van der Waals surface area (Å²) in [7, 11) is 0. The summed E-state index contributed by atoms with van der Waals surface area (Å²) < 4.78 is 0. The molecule has 0 spiro atoms. The molecule has 80 valence electrons. The van der Waals surface area contributed by atoms with Gasteiger partial charge in [-0.15, -0.1) is 10.2 Å². The highest BCUT2D eigenvalue weighted by atomic mass is 32.1. The van der Waals surface area contributed by atoms with E-state index in [0.29, 0.717) is 5.92 Å². The summed E-state index contributed by atoms with van der Waals surface area (Å²) in [6.45, 7) is 6.51. The maximum absolute atomic E-state index is 5.88. The lowest BCUT2D eigenvalue weighted by Crippen LogP contribution is -2.07. The summed E-state index contributed by atoms with van der Waals surface area (Å²) in [6, 6.07) is 0.0678. The van der Waals surface area contributed by atoms with E-state index in [1.165, 1.54) is 6.42 Å². The lowest BCUT2D eigenvalue weighted by molar-refractivity contribution is 0.556. The van der Waals surface area contributed by atoms with E-state index in [1.807, 2.05) is 0 Å². The van der Waals surface area contributed by atoms with Crippen LogP contribution in [0.2, 0.25) is 0 Å². The number of hydrogen-bond acceptors (Lipinski definition) is 4. The van der Waals surface area contributed by atoms with Crippen LogP contribution >= 0.6 is 11.3 Å². The highest BCUT2D eigenvalue weighted by Gasteiger charge is 2.11. The van der Waals surface area contributed by atoms with E-state index in [4.69, 9.17) is 5.73 Å². The molecule has 1 aromatic heterocycles. The van der Waals surface area contributed by atoms with Crippen molar-refractivity contribution in [1.82, 2.24) is 10.2 Å². The van der Waals surface area contributed by atoms with Gasteiger partial charge in [-0.1, -0.05) is 38.5 Å². The minimum absolute atomic E-state index is 0.0678. The lowest BCUT2D eigenvalue weighted by Gasteiger charge is -2.03. The third kappa shape index (κ3) is 3.03. The zero-order valence-corrected chi connectivity index (χ0v) is 9.97. The van der Waals surface area contributed by atoms with Crippen molar-refractivity contribution in [3.63, 3.8) is 0 Å². The first-order valence-corrected chi connectivity index (χ1v) is 6.06. The molecule has 2 N–H and O–H groups in total. The van der Waals surface area contributed by atoms with Crippen molar-refractivity contribution in [2.75, 3.05) is 0 Å². The van der Waals surface area contributed by atoms with Gasteiger partial charge in [0, 0.05) is 6.42 Å². The van der Waals surface area contributed by atoms with E-state index in [0.717, 1.165) is 22.9 Å². The molecule has 3 nitrogen and oxygen atoms in total. The molecule has 2 atom stereocenters. The Kier molecular flexibility index (Phi) is 4.48. The largest absolute Gasteiger partial charge is 0.322 e. The highest BCUT2D eigenvalue weighted by Crippen LogP contribution is 2.21. The van der Waals surface area contributed by atoms with Crippen LogP contribution < -0.4 is 5.73 Å². The van der Waals surface area contributed by atoms with Crippen molar-refractivity contribution in [3.8, 4) is 0 Å². The van der Waals surface area contributed by atoms with Gasteiger partial charge in [0.1, 0.15) is 10.0 Å². The van der Waals surface area contributed by atoms with Gasteiger partial charge < -0.3 is 5.73 Å². The Balaban J connectivity index is 2.59. The Bertz CT molecular complexity index is 272. The molecule has 0 amide bonds. The van der Waals surface area contributed by atoms with Crippen LogP contribution in [-0.4, -0.2) is 10.2 Å². The fourth-order valence-corrected chi connectivity index (χ4v) is 2.21. The first-order chi connectivity index (χ1) is 6.67. The fraction of sp³-hybridized carbons (Fsp3) is 0.800. The van der Waals surface area contributed by atoms with Crippen LogP contribution in [0, 0.1) is 5.92 Å². The zero-order valence-electron chi connectivity index (χ0n) is 9.16. The van der Waals surface area contributed by atoms with Gasteiger partial charge in [-0.2, -0.15) is 0 Å². The molecular formula is C10H19N3S. The van der Waals surface area contributed by atoms with Crippen LogP contribution in [0.5, 0.6) is 0 Å². The van der Waals surface area contributed by atoms with Gasteiger partial charge in [0.15, 0.2) is 0 Å². The number of hydrogen-bond donors (Lipinski definition) is 1. The lowest BCUT2D eigenvalue weighted by atomic mass is 10.1. The Morgan fingerprint density at radius 1 is 1.29 bits per heavy atom. The third-order valence-electron chi connectivity index (χ3n) is 2.46. The molecule has 4 heteroatoms. The number of aromatic nitrogens is 2. The molecule has 0 aliphatic rings. The van der Waals surface area contributed by atoms with E-state index >= 15 is 0 Å². The number of nitrogens with two attached hydrogens (primary N) is 1. The average molecular weight is 213 g/mol. The van der Waals surface area contributed by atoms with Crippen LogP contribution in [0.4, 0.5) is 0 Å². The van der Waals surface area contributed by atoms with E-state index in [9.17, 15) is 0 Å². The van der Waals surface area contributed by atoms with Crippen molar-refractivity contribution < 1.29 is 0 Å². The fourth-order valence-electron chi connectivity index (χ4n) is 1.12. The van der Waals surface area contributed by atoms with Gasteiger partial charge in [0.2, 0.25) is 0 Å². The molecule has 0 saturated heterocycles. The van der Waals surface area contributed by atoms with E-state index in [2.05, 4.69) is 31.0 Å². The predicted octanol–water partition coefficient (Wildman–Crippen LogP) is 2.54. The normalized spacial score (nSPS) is 15.4. The van der Waals surface area contributed by atoms with Crippen molar-refractivity contribution in [2.45, 2.75) is 46.1 Å². The predicted molar refractivity (Wildman–Crippen MR) is 60.3 cm³/mol. The molecule has 0 bridgehead atoms. The van der Waals surface area contributed by atoms with Crippen LogP contribution in [0.3, 0.4) is 0 Å². The Morgan fingerprint density at radius 3 is 2.57 bits per heavy atom. The average Bonchev–Trinajstić information content (AvgIpc) is 2.65. The molecule has 0 aliphatic heterocycles. The van der Waals surface area contributed by atoms with E-state index in [1.54, 1.807) is 11.3 Å². The first-order valence-electron chi connectivity index (χ1n) is 5.25. The molecule has 1 rings (SSSR count). The Labute approximate surface area is 89.7 Å². The summed E-state index contributed by atoms with van der Waals surface area (Å²) in [5.74, 6) is 0.689.